The highest BCUT2D eigenvalue weighted by atomic mass is 14.9. The lowest BCUT2D eigenvalue weighted by Crippen LogP contribution is -2.01. The van der Waals surface area contributed by atoms with E-state index < -0.39 is 0 Å². The van der Waals surface area contributed by atoms with Crippen LogP contribution in [0.1, 0.15) is 56.4 Å². The van der Waals surface area contributed by atoms with E-state index in [1.54, 1.807) is 0 Å². The summed E-state index contributed by atoms with van der Waals surface area (Å²) >= 11 is 0. The fourth-order valence-corrected chi connectivity index (χ4v) is 3.68. The van der Waals surface area contributed by atoms with Gasteiger partial charge < -0.3 is 4.57 Å². The third-order valence-corrected chi connectivity index (χ3v) is 5.02. The number of aryl methyl sites for hydroxylation is 1. The van der Waals surface area contributed by atoms with E-state index in [0.29, 0.717) is 11.8 Å². The van der Waals surface area contributed by atoms with E-state index in [0.717, 1.165) is 0 Å². The van der Waals surface area contributed by atoms with E-state index in [1.807, 2.05) is 0 Å². The number of benzene rings is 2. The number of hydrogen-bond acceptors (Lipinski definition) is 0. The van der Waals surface area contributed by atoms with Crippen LogP contribution < -0.4 is 0 Å². The standard InChI is InChI=1S/C22H27N/c1-14(2)17-11-9-12-18(15(3)4)22(17)21-16(5)23(6)20-13-8-7-10-19(20)21/h7-15H,1-6H3. The Kier molecular flexibility index (Phi) is 4.06. The van der Waals surface area contributed by atoms with Crippen molar-refractivity contribution < 1.29 is 0 Å². The second-order valence-electron chi connectivity index (χ2n) is 7.16. The van der Waals surface area contributed by atoms with Crippen LogP contribution in [0.4, 0.5) is 0 Å². The van der Waals surface area contributed by atoms with Gasteiger partial charge in [0.25, 0.3) is 0 Å². The predicted octanol–water partition coefficient (Wildman–Crippen LogP) is 6.40. The van der Waals surface area contributed by atoms with Crippen LogP contribution in [0.15, 0.2) is 42.5 Å². The lowest BCUT2D eigenvalue weighted by molar-refractivity contribution is 0.836. The maximum absolute atomic E-state index is 2.33. The van der Waals surface area contributed by atoms with E-state index in [2.05, 4.69) is 88.7 Å². The third kappa shape index (κ3) is 2.49. The van der Waals surface area contributed by atoms with Crippen molar-refractivity contribution in [2.45, 2.75) is 46.5 Å². The molecule has 0 amide bonds. The van der Waals surface area contributed by atoms with Crippen molar-refractivity contribution in [1.82, 2.24) is 4.57 Å². The maximum atomic E-state index is 2.33. The van der Waals surface area contributed by atoms with Crippen molar-refractivity contribution in [3.63, 3.8) is 0 Å². The molecule has 0 bridgehead atoms. The predicted molar refractivity (Wildman–Crippen MR) is 101 cm³/mol. The zero-order chi connectivity index (χ0) is 16.7. The highest BCUT2D eigenvalue weighted by Crippen LogP contribution is 2.42. The summed E-state index contributed by atoms with van der Waals surface area (Å²) in [5.41, 5.74) is 8.43. The molecule has 1 heteroatoms. The molecule has 3 rings (SSSR count). The first-order valence-corrected chi connectivity index (χ1v) is 8.60. The monoisotopic (exact) mass is 305 g/mol. The van der Waals surface area contributed by atoms with E-state index in [4.69, 9.17) is 0 Å². The van der Waals surface area contributed by atoms with Gasteiger partial charge in [-0.2, -0.15) is 0 Å². The van der Waals surface area contributed by atoms with Crippen LogP contribution in [0.25, 0.3) is 22.0 Å². The highest BCUT2D eigenvalue weighted by molar-refractivity contribution is 5.99. The van der Waals surface area contributed by atoms with Crippen LogP contribution in [-0.4, -0.2) is 4.57 Å². The Balaban J connectivity index is 2.46. The molecule has 0 spiro atoms. The Bertz CT molecular complexity index is 824. The molecule has 0 unspecified atom stereocenters. The fourth-order valence-electron chi connectivity index (χ4n) is 3.68. The summed E-state index contributed by atoms with van der Waals surface area (Å²) in [4.78, 5) is 0. The Hall–Kier alpha value is -2.02. The van der Waals surface area contributed by atoms with Crippen LogP contribution in [0, 0.1) is 6.92 Å². The van der Waals surface area contributed by atoms with E-state index in [1.165, 1.54) is 38.9 Å². The summed E-state index contributed by atoms with van der Waals surface area (Å²) in [6.07, 6.45) is 0. The molecule has 0 saturated heterocycles. The van der Waals surface area contributed by atoms with Gasteiger partial charge in [0.2, 0.25) is 0 Å². The van der Waals surface area contributed by atoms with E-state index in [-0.39, 0.29) is 0 Å². The van der Waals surface area contributed by atoms with E-state index in [9.17, 15) is 0 Å². The molecule has 1 nitrogen and oxygen atoms in total. The van der Waals surface area contributed by atoms with Gasteiger partial charge in [-0.05, 0) is 41.5 Å². The zero-order valence-corrected chi connectivity index (χ0v) is 15.1. The van der Waals surface area contributed by atoms with Gasteiger partial charge in [0, 0.05) is 29.2 Å². The average molecular weight is 305 g/mol. The summed E-state index contributed by atoms with van der Waals surface area (Å²) in [7, 11) is 2.17. The first kappa shape index (κ1) is 15.9. The normalized spacial score (nSPS) is 11.8. The van der Waals surface area contributed by atoms with Gasteiger partial charge in [-0.25, -0.2) is 0 Å². The summed E-state index contributed by atoms with van der Waals surface area (Å²) in [5.74, 6) is 1.03. The zero-order valence-electron chi connectivity index (χ0n) is 15.1. The Morgan fingerprint density at radius 2 is 1.30 bits per heavy atom. The highest BCUT2D eigenvalue weighted by Gasteiger charge is 2.21. The minimum Gasteiger partial charge on any atom is -0.347 e. The third-order valence-electron chi connectivity index (χ3n) is 5.02. The summed E-state index contributed by atoms with van der Waals surface area (Å²) in [6, 6.07) is 15.6. The van der Waals surface area contributed by atoms with Gasteiger partial charge in [-0.15, -0.1) is 0 Å². The largest absolute Gasteiger partial charge is 0.347 e. The second kappa shape index (κ2) is 5.88. The van der Waals surface area contributed by atoms with Gasteiger partial charge in [-0.3, -0.25) is 0 Å². The molecule has 0 atom stereocenters. The molecule has 3 aromatic rings. The molecule has 0 N–H and O–H groups in total. The van der Waals surface area contributed by atoms with Crippen molar-refractivity contribution in [2.24, 2.45) is 7.05 Å². The summed E-state index contributed by atoms with van der Waals surface area (Å²) in [6.45, 7) is 11.4. The molecule has 0 aliphatic rings. The maximum Gasteiger partial charge on any atom is 0.0486 e. The lowest BCUT2D eigenvalue weighted by Gasteiger charge is -2.20. The minimum absolute atomic E-state index is 0.516. The molecule has 0 aliphatic carbocycles. The number of fused-ring (bicyclic) bond motifs is 1. The molecule has 23 heavy (non-hydrogen) atoms. The molecule has 0 aliphatic heterocycles. The minimum atomic E-state index is 0.516. The smallest absolute Gasteiger partial charge is 0.0486 e. The average Bonchev–Trinajstić information content (AvgIpc) is 2.78. The number of nitrogens with zero attached hydrogens (tertiary/aromatic N) is 1. The number of rotatable bonds is 3. The van der Waals surface area contributed by atoms with Crippen LogP contribution in [0.2, 0.25) is 0 Å². The van der Waals surface area contributed by atoms with Crippen molar-refractivity contribution in [3.8, 4) is 11.1 Å². The van der Waals surface area contributed by atoms with Crippen LogP contribution in [0.3, 0.4) is 0 Å². The Morgan fingerprint density at radius 3 is 1.87 bits per heavy atom. The summed E-state index contributed by atoms with van der Waals surface area (Å²) in [5, 5.41) is 1.36. The van der Waals surface area contributed by atoms with Crippen molar-refractivity contribution in [1.29, 1.82) is 0 Å². The van der Waals surface area contributed by atoms with Crippen LogP contribution in [-0.2, 0) is 7.05 Å². The second-order valence-corrected chi connectivity index (χ2v) is 7.16. The topological polar surface area (TPSA) is 4.93 Å². The quantitative estimate of drug-likeness (QED) is 0.527. The van der Waals surface area contributed by atoms with Gasteiger partial charge in [-0.1, -0.05) is 64.1 Å². The van der Waals surface area contributed by atoms with Crippen molar-refractivity contribution >= 4 is 10.9 Å². The van der Waals surface area contributed by atoms with Gasteiger partial charge in [0.1, 0.15) is 0 Å². The first-order chi connectivity index (χ1) is 10.9. The number of para-hydroxylation sites is 1. The van der Waals surface area contributed by atoms with Crippen LogP contribution >= 0.6 is 0 Å². The molecule has 1 aromatic heterocycles. The molecule has 0 radical (unpaired) electrons. The lowest BCUT2D eigenvalue weighted by atomic mass is 9.84. The molecule has 120 valence electrons. The molecular formula is C22H27N. The number of aromatic nitrogens is 1. The van der Waals surface area contributed by atoms with Gasteiger partial charge >= 0.3 is 0 Å². The van der Waals surface area contributed by atoms with Gasteiger partial charge in [0.05, 0.1) is 0 Å². The SMILES string of the molecule is Cc1c(-c2c(C(C)C)cccc2C(C)C)c2ccccc2n1C. The number of hydrogen-bond donors (Lipinski definition) is 0. The first-order valence-electron chi connectivity index (χ1n) is 8.60. The molecule has 0 fully saturated rings. The molecule has 2 aromatic carbocycles. The molecule has 0 saturated carbocycles. The van der Waals surface area contributed by atoms with Crippen molar-refractivity contribution in [3.05, 3.63) is 59.3 Å². The summed E-state index contributed by atoms with van der Waals surface area (Å²) < 4.78 is 2.33. The fraction of sp³-hybridized carbons (Fsp3) is 0.364. The van der Waals surface area contributed by atoms with Crippen molar-refractivity contribution in [2.75, 3.05) is 0 Å². The van der Waals surface area contributed by atoms with Crippen LogP contribution in [0.5, 0.6) is 0 Å². The van der Waals surface area contributed by atoms with E-state index >= 15 is 0 Å². The Labute approximate surface area is 140 Å². The Morgan fingerprint density at radius 1 is 0.739 bits per heavy atom. The molecule has 1 heterocycles. The van der Waals surface area contributed by atoms with Gasteiger partial charge in [0.15, 0.2) is 0 Å². The molecular weight excluding hydrogens is 278 g/mol.